The van der Waals surface area contributed by atoms with Gasteiger partial charge in [0.25, 0.3) is 0 Å². The van der Waals surface area contributed by atoms with Crippen molar-refractivity contribution in [1.82, 2.24) is 26.0 Å². The summed E-state index contributed by atoms with van der Waals surface area (Å²) >= 11 is 1.70. The number of amidine groups is 1. The zero-order valence-corrected chi connectivity index (χ0v) is 15.8. The molecule has 0 aliphatic carbocycles. The van der Waals surface area contributed by atoms with Crippen LogP contribution < -0.4 is 11.1 Å². The molecule has 7 nitrogen and oxygen atoms in total. The molecule has 0 amide bonds. The van der Waals surface area contributed by atoms with Gasteiger partial charge in [0, 0.05) is 23.0 Å². The van der Waals surface area contributed by atoms with Gasteiger partial charge < -0.3 is 9.64 Å². The Morgan fingerprint density at radius 1 is 1.32 bits per heavy atom. The Morgan fingerprint density at radius 3 is 2.92 bits per heavy atom. The number of fused-ring (bicyclic) bond motifs is 1. The molecule has 3 aliphatic heterocycles. The Morgan fingerprint density at radius 2 is 2.16 bits per heavy atom. The summed E-state index contributed by atoms with van der Waals surface area (Å²) in [6.45, 7) is 10.2. The van der Waals surface area contributed by atoms with Gasteiger partial charge >= 0.3 is 0 Å². The molecule has 0 spiro atoms. The van der Waals surface area contributed by atoms with Gasteiger partial charge in [-0.05, 0) is 19.1 Å². The summed E-state index contributed by atoms with van der Waals surface area (Å²) in [6.07, 6.45) is 6.16. The highest BCUT2D eigenvalue weighted by Gasteiger charge is 2.32. The first-order chi connectivity index (χ1) is 11.9. The fourth-order valence-electron chi connectivity index (χ4n) is 3.01. The summed E-state index contributed by atoms with van der Waals surface area (Å²) in [5, 5.41) is 9.24. The second kappa shape index (κ2) is 6.12. The molecule has 4 rings (SSSR count). The van der Waals surface area contributed by atoms with Crippen LogP contribution >= 0.6 is 11.3 Å². The Labute approximate surface area is 152 Å². The molecule has 0 unspecified atom stereocenters. The van der Waals surface area contributed by atoms with E-state index in [2.05, 4.69) is 66.4 Å². The normalized spacial score (nSPS) is 26.2. The smallest absolute Gasteiger partial charge is 0.170 e. The molecule has 4 heterocycles. The van der Waals surface area contributed by atoms with Crippen LogP contribution in [0.5, 0.6) is 0 Å². The highest BCUT2D eigenvalue weighted by Crippen LogP contribution is 2.33. The number of hydrogen-bond acceptors (Lipinski definition) is 8. The molecule has 25 heavy (non-hydrogen) atoms. The fourth-order valence-corrected chi connectivity index (χ4v) is 4.10. The van der Waals surface area contributed by atoms with Gasteiger partial charge in [0.2, 0.25) is 0 Å². The van der Waals surface area contributed by atoms with Gasteiger partial charge in [0.1, 0.15) is 11.1 Å². The van der Waals surface area contributed by atoms with Crippen LogP contribution in [0, 0.1) is 0 Å². The molecule has 0 saturated carbocycles. The molecular formula is C17H24N6OS. The van der Waals surface area contributed by atoms with Crippen molar-refractivity contribution in [2.24, 2.45) is 5.10 Å². The van der Waals surface area contributed by atoms with Crippen LogP contribution in [0.15, 0.2) is 34.5 Å². The lowest BCUT2D eigenvalue weighted by atomic mass is 9.93. The quantitative estimate of drug-likeness (QED) is 0.843. The molecule has 8 heteroatoms. The first-order valence-corrected chi connectivity index (χ1v) is 9.41. The van der Waals surface area contributed by atoms with Crippen LogP contribution in [0.3, 0.4) is 0 Å². The summed E-state index contributed by atoms with van der Waals surface area (Å²) < 4.78 is 6.10. The monoisotopic (exact) mass is 360 g/mol. The average molecular weight is 360 g/mol. The third-order valence-electron chi connectivity index (χ3n) is 4.58. The zero-order valence-electron chi connectivity index (χ0n) is 15.0. The number of rotatable bonds is 2. The highest BCUT2D eigenvalue weighted by molar-refractivity contribution is 7.09. The van der Waals surface area contributed by atoms with Crippen LogP contribution in [-0.4, -0.2) is 39.9 Å². The van der Waals surface area contributed by atoms with Gasteiger partial charge in [-0.3, -0.25) is 0 Å². The molecular weight excluding hydrogens is 336 g/mol. The van der Waals surface area contributed by atoms with Crippen molar-refractivity contribution in [3.8, 4) is 0 Å². The first kappa shape index (κ1) is 16.6. The van der Waals surface area contributed by atoms with Crippen LogP contribution in [0.1, 0.15) is 44.5 Å². The maximum atomic E-state index is 6.10. The molecule has 2 N–H and O–H groups in total. The molecule has 1 saturated heterocycles. The lowest BCUT2D eigenvalue weighted by molar-refractivity contribution is -0.0460. The number of nitrogens with one attached hydrogen (secondary N) is 2. The predicted molar refractivity (Wildman–Crippen MR) is 98.4 cm³/mol. The van der Waals surface area contributed by atoms with Crippen LogP contribution in [0.4, 0.5) is 0 Å². The topological polar surface area (TPSA) is 65.0 Å². The Balaban J connectivity index is 1.53. The molecule has 0 aromatic carbocycles. The number of hydrazone groups is 1. The zero-order chi connectivity index (χ0) is 17.6. The second-order valence-corrected chi connectivity index (χ2v) is 8.48. The largest absolute Gasteiger partial charge is 0.367 e. The van der Waals surface area contributed by atoms with Gasteiger partial charge in [-0.2, -0.15) is 0 Å². The van der Waals surface area contributed by atoms with E-state index in [4.69, 9.17) is 9.72 Å². The number of thiazole rings is 1. The third kappa shape index (κ3) is 3.17. The van der Waals surface area contributed by atoms with E-state index in [1.54, 1.807) is 11.3 Å². The minimum absolute atomic E-state index is 0.00586. The number of hydrazine groups is 2. The van der Waals surface area contributed by atoms with Gasteiger partial charge in [-0.25, -0.2) is 15.5 Å². The van der Waals surface area contributed by atoms with Crippen molar-refractivity contribution < 1.29 is 4.74 Å². The van der Waals surface area contributed by atoms with Crippen molar-refractivity contribution in [3.05, 3.63) is 40.1 Å². The van der Waals surface area contributed by atoms with E-state index in [1.165, 1.54) is 0 Å². The number of hydrogen-bond donors (Lipinski definition) is 2. The molecule has 1 aromatic heterocycles. The van der Waals surface area contributed by atoms with E-state index >= 15 is 0 Å². The van der Waals surface area contributed by atoms with E-state index in [1.807, 2.05) is 11.1 Å². The molecule has 1 aromatic rings. The van der Waals surface area contributed by atoms with Crippen LogP contribution in [0.25, 0.3) is 0 Å². The van der Waals surface area contributed by atoms with E-state index in [-0.39, 0.29) is 11.5 Å². The lowest BCUT2D eigenvalue weighted by Crippen LogP contribution is -2.46. The molecule has 134 valence electrons. The summed E-state index contributed by atoms with van der Waals surface area (Å²) in [4.78, 5) is 7.22. The Hall–Kier alpha value is -1.90. The van der Waals surface area contributed by atoms with Gasteiger partial charge in [-0.15, -0.1) is 22.0 Å². The summed E-state index contributed by atoms with van der Waals surface area (Å²) in [7, 11) is 0. The molecule has 0 radical (unpaired) electrons. The molecule has 3 aliphatic rings. The van der Waals surface area contributed by atoms with Crippen LogP contribution in [0.2, 0.25) is 0 Å². The highest BCUT2D eigenvalue weighted by atomic mass is 32.1. The van der Waals surface area contributed by atoms with Crippen molar-refractivity contribution >= 4 is 17.2 Å². The maximum absolute atomic E-state index is 6.10. The summed E-state index contributed by atoms with van der Waals surface area (Å²) in [5.74, 6) is 0.857. The van der Waals surface area contributed by atoms with Crippen molar-refractivity contribution in [1.29, 1.82) is 0 Å². The van der Waals surface area contributed by atoms with Crippen LogP contribution in [-0.2, 0) is 10.2 Å². The van der Waals surface area contributed by atoms with Crippen molar-refractivity contribution in [3.63, 3.8) is 0 Å². The number of allylic oxidation sites excluding steroid dienone is 1. The summed E-state index contributed by atoms with van der Waals surface area (Å²) in [5.41, 5.74) is 8.09. The molecule has 2 atom stereocenters. The van der Waals surface area contributed by atoms with E-state index in [0.717, 1.165) is 28.8 Å². The van der Waals surface area contributed by atoms with Crippen molar-refractivity contribution in [2.45, 2.75) is 45.3 Å². The Bertz CT molecular complexity index is 747. The maximum Gasteiger partial charge on any atom is 0.170 e. The Kier molecular flexibility index (Phi) is 4.05. The second-order valence-electron chi connectivity index (χ2n) is 7.60. The standard InChI is InChI=1S/C17H24N6OS/c1-11-9-24-13(16-18-14(10-25-16)17(2,3)4)8-22(11)12-5-6-15-19-20-21-23(15)7-12/h5-7,10-11,13,20-21H,8-9H2,1-4H3/t11-,13-/m0/s1. The minimum atomic E-state index is 0.00586. The van der Waals surface area contributed by atoms with Gasteiger partial charge in [-0.1, -0.05) is 20.8 Å². The van der Waals surface area contributed by atoms with E-state index < -0.39 is 0 Å². The number of morpholine rings is 1. The number of nitrogens with zero attached hydrogens (tertiary/aromatic N) is 4. The SMILES string of the molecule is C[C@H]1CO[C@H](c2nc(C(C)(C)C)cs2)CN1C1=CN2NNN=C2C=C1. The van der Waals surface area contributed by atoms with Gasteiger partial charge in [0.15, 0.2) is 5.84 Å². The fraction of sp³-hybridized carbons (Fsp3) is 0.529. The van der Waals surface area contributed by atoms with Crippen molar-refractivity contribution in [2.75, 3.05) is 13.2 Å². The van der Waals surface area contributed by atoms with E-state index in [0.29, 0.717) is 12.6 Å². The number of aromatic nitrogens is 1. The predicted octanol–water partition coefficient (Wildman–Crippen LogP) is 2.25. The van der Waals surface area contributed by atoms with E-state index in [9.17, 15) is 0 Å². The third-order valence-corrected chi connectivity index (χ3v) is 5.52. The lowest BCUT2D eigenvalue weighted by Gasteiger charge is -2.40. The minimum Gasteiger partial charge on any atom is -0.367 e. The molecule has 1 fully saturated rings. The first-order valence-electron chi connectivity index (χ1n) is 8.53. The van der Waals surface area contributed by atoms with Gasteiger partial charge in [0.05, 0.1) is 24.5 Å². The number of ether oxygens (including phenoxy) is 1. The average Bonchev–Trinajstić information content (AvgIpc) is 3.23. The molecule has 0 bridgehead atoms. The summed E-state index contributed by atoms with van der Waals surface area (Å²) in [6, 6.07) is 0.309.